The lowest BCUT2D eigenvalue weighted by molar-refractivity contribution is -0.140. The van der Waals surface area contributed by atoms with Gasteiger partial charge in [-0.2, -0.15) is 0 Å². The Morgan fingerprint density at radius 2 is 1.86 bits per heavy atom. The molecule has 0 heterocycles. The van der Waals surface area contributed by atoms with Crippen molar-refractivity contribution in [3.8, 4) is 0 Å². The van der Waals surface area contributed by atoms with Crippen molar-refractivity contribution in [2.45, 2.75) is 26.0 Å². The Labute approximate surface area is 125 Å². The Morgan fingerprint density at radius 1 is 1.19 bits per heavy atom. The number of esters is 1. The van der Waals surface area contributed by atoms with E-state index in [4.69, 9.17) is 4.74 Å². The first-order chi connectivity index (χ1) is 9.98. The standard InChI is InChI=1S/C14H21NO5S/c1-19-11-13-7-4-3-6-12(13)10-15-21(17,18)9-5-8-14(16)20-2/h3-4,6-7,15H,5,8-11H2,1-2H3. The largest absolute Gasteiger partial charge is 0.469 e. The lowest BCUT2D eigenvalue weighted by Gasteiger charge is -2.10. The number of hydrogen-bond acceptors (Lipinski definition) is 5. The topological polar surface area (TPSA) is 81.7 Å². The van der Waals surface area contributed by atoms with Crippen molar-refractivity contribution in [1.29, 1.82) is 0 Å². The summed E-state index contributed by atoms with van der Waals surface area (Å²) in [6.07, 6.45) is 0.333. The van der Waals surface area contributed by atoms with Crippen LogP contribution in [-0.2, 0) is 37.4 Å². The second kappa shape index (κ2) is 8.76. The SMILES string of the molecule is COCc1ccccc1CNS(=O)(=O)CCCC(=O)OC. The Hall–Kier alpha value is -1.44. The lowest BCUT2D eigenvalue weighted by atomic mass is 10.1. The van der Waals surface area contributed by atoms with Crippen LogP contribution in [0.2, 0.25) is 0 Å². The predicted octanol–water partition coefficient (Wildman–Crippen LogP) is 1.21. The highest BCUT2D eigenvalue weighted by atomic mass is 32.2. The van der Waals surface area contributed by atoms with Crippen molar-refractivity contribution in [2.24, 2.45) is 0 Å². The number of carbonyl (C=O) groups is 1. The van der Waals surface area contributed by atoms with E-state index in [2.05, 4.69) is 9.46 Å². The second-order valence-corrected chi connectivity index (χ2v) is 6.45. The summed E-state index contributed by atoms with van der Waals surface area (Å²) in [4.78, 5) is 10.9. The minimum Gasteiger partial charge on any atom is -0.469 e. The van der Waals surface area contributed by atoms with E-state index in [1.54, 1.807) is 7.11 Å². The first kappa shape index (κ1) is 17.6. The molecule has 0 aliphatic heterocycles. The summed E-state index contributed by atoms with van der Waals surface area (Å²) in [6, 6.07) is 7.47. The summed E-state index contributed by atoms with van der Waals surface area (Å²) in [6.45, 7) is 0.639. The highest BCUT2D eigenvalue weighted by Crippen LogP contribution is 2.10. The van der Waals surface area contributed by atoms with Crippen LogP contribution in [0.25, 0.3) is 0 Å². The quantitative estimate of drug-likeness (QED) is 0.693. The number of methoxy groups -OCH3 is 2. The van der Waals surface area contributed by atoms with E-state index in [0.717, 1.165) is 11.1 Å². The van der Waals surface area contributed by atoms with Gasteiger partial charge in [-0.3, -0.25) is 4.79 Å². The highest BCUT2D eigenvalue weighted by molar-refractivity contribution is 7.89. The monoisotopic (exact) mass is 315 g/mol. The van der Waals surface area contributed by atoms with Crippen molar-refractivity contribution in [1.82, 2.24) is 4.72 Å². The molecule has 0 amide bonds. The first-order valence-corrected chi connectivity index (χ1v) is 8.23. The number of carbonyl (C=O) groups excluding carboxylic acids is 1. The third-order valence-corrected chi connectivity index (χ3v) is 4.33. The van der Waals surface area contributed by atoms with Crippen LogP contribution < -0.4 is 4.72 Å². The average molecular weight is 315 g/mol. The molecule has 0 unspecified atom stereocenters. The van der Waals surface area contributed by atoms with Crippen LogP contribution in [0.3, 0.4) is 0 Å². The fraction of sp³-hybridized carbons (Fsp3) is 0.500. The second-order valence-electron chi connectivity index (χ2n) is 4.52. The minimum atomic E-state index is -3.41. The van der Waals surface area contributed by atoms with E-state index < -0.39 is 16.0 Å². The molecule has 118 valence electrons. The van der Waals surface area contributed by atoms with Crippen LogP contribution >= 0.6 is 0 Å². The molecule has 0 aromatic heterocycles. The van der Waals surface area contributed by atoms with Gasteiger partial charge in [-0.1, -0.05) is 24.3 Å². The summed E-state index contributed by atoms with van der Waals surface area (Å²) in [5.74, 6) is -0.509. The molecule has 0 spiro atoms. The van der Waals surface area contributed by atoms with Crippen LogP contribution in [0.4, 0.5) is 0 Å². The molecule has 1 aromatic carbocycles. The number of nitrogens with one attached hydrogen (secondary N) is 1. The molecule has 6 nitrogen and oxygen atoms in total. The van der Waals surface area contributed by atoms with E-state index in [-0.39, 0.29) is 25.1 Å². The lowest BCUT2D eigenvalue weighted by Crippen LogP contribution is -2.26. The summed E-state index contributed by atoms with van der Waals surface area (Å²) >= 11 is 0. The summed E-state index contributed by atoms with van der Waals surface area (Å²) in [5.41, 5.74) is 1.81. The Morgan fingerprint density at radius 3 is 2.48 bits per heavy atom. The molecule has 0 radical (unpaired) electrons. The van der Waals surface area contributed by atoms with E-state index >= 15 is 0 Å². The molecule has 0 atom stereocenters. The number of rotatable bonds is 9. The zero-order chi connectivity index (χ0) is 15.7. The molecule has 0 aliphatic carbocycles. The van der Waals surface area contributed by atoms with E-state index in [0.29, 0.717) is 6.61 Å². The zero-order valence-corrected chi connectivity index (χ0v) is 13.1. The van der Waals surface area contributed by atoms with Gasteiger partial charge < -0.3 is 9.47 Å². The van der Waals surface area contributed by atoms with Crippen LogP contribution in [0.1, 0.15) is 24.0 Å². The maximum Gasteiger partial charge on any atom is 0.305 e. The summed E-state index contributed by atoms with van der Waals surface area (Å²) in [5, 5.41) is 0. The molecule has 1 aromatic rings. The van der Waals surface area contributed by atoms with Gasteiger partial charge in [-0.05, 0) is 17.5 Å². The fourth-order valence-electron chi connectivity index (χ4n) is 1.79. The van der Waals surface area contributed by atoms with Crippen molar-refractivity contribution < 1.29 is 22.7 Å². The molecule has 0 saturated heterocycles. The Kier molecular flexibility index (Phi) is 7.35. The van der Waals surface area contributed by atoms with Crippen LogP contribution in [0.5, 0.6) is 0 Å². The average Bonchev–Trinajstić information content (AvgIpc) is 2.46. The molecule has 0 fully saturated rings. The molecule has 0 aliphatic rings. The molecule has 21 heavy (non-hydrogen) atoms. The van der Waals surface area contributed by atoms with E-state index in [9.17, 15) is 13.2 Å². The predicted molar refractivity (Wildman–Crippen MR) is 79.0 cm³/mol. The number of hydrogen-bond donors (Lipinski definition) is 1. The number of sulfonamides is 1. The third-order valence-electron chi connectivity index (χ3n) is 2.92. The molecule has 1 N–H and O–H groups in total. The van der Waals surface area contributed by atoms with Gasteiger partial charge in [0.25, 0.3) is 0 Å². The maximum absolute atomic E-state index is 11.8. The van der Waals surface area contributed by atoms with Crippen LogP contribution in [-0.4, -0.2) is 34.4 Å². The van der Waals surface area contributed by atoms with Crippen LogP contribution in [0.15, 0.2) is 24.3 Å². The van der Waals surface area contributed by atoms with Crippen molar-refractivity contribution in [3.05, 3.63) is 35.4 Å². The van der Waals surface area contributed by atoms with Gasteiger partial charge in [0.05, 0.1) is 19.5 Å². The molecular formula is C14H21NO5S. The molecule has 0 bridgehead atoms. The Balaban J connectivity index is 2.51. The zero-order valence-electron chi connectivity index (χ0n) is 12.3. The van der Waals surface area contributed by atoms with Crippen LogP contribution in [0, 0.1) is 0 Å². The first-order valence-electron chi connectivity index (χ1n) is 6.58. The van der Waals surface area contributed by atoms with Gasteiger partial charge >= 0.3 is 5.97 Å². The Bertz CT molecular complexity index is 556. The smallest absolute Gasteiger partial charge is 0.305 e. The van der Waals surface area contributed by atoms with E-state index in [1.165, 1.54) is 7.11 Å². The van der Waals surface area contributed by atoms with Crippen molar-refractivity contribution in [3.63, 3.8) is 0 Å². The third kappa shape index (κ3) is 6.70. The van der Waals surface area contributed by atoms with Crippen molar-refractivity contribution >= 4 is 16.0 Å². The molecule has 7 heteroatoms. The summed E-state index contributed by atoms with van der Waals surface area (Å²) < 4.78 is 35.8. The van der Waals surface area contributed by atoms with Gasteiger partial charge in [0.15, 0.2) is 0 Å². The van der Waals surface area contributed by atoms with E-state index in [1.807, 2.05) is 24.3 Å². The number of ether oxygens (including phenoxy) is 2. The molecular weight excluding hydrogens is 294 g/mol. The fourth-order valence-corrected chi connectivity index (χ4v) is 2.84. The summed E-state index contributed by atoms with van der Waals surface area (Å²) in [7, 11) is -0.543. The normalized spacial score (nSPS) is 11.3. The maximum atomic E-state index is 11.8. The molecule has 1 rings (SSSR count). The molecule has 0 saturated carbocycles. The van der Waals surface area contributed by atoms with Gasteiger partial charge in [-0.15, -0.1) is 0 Å². The van der Waals surface area contributed by atoms with Gasteiger partial charge in [0.1, 0.15) is 0 Å². The minimum absolute atomic E-state index is 0.0949. The van der Waals surface area contributed by atoms with Gasteiger partial charge in [-0.25, -0.2) is 13.1 Å². The number of benzene rings is 1. The highest BCUT2D eigenvalue weighted by Gasteiger charge is 2.12. The van der Waals surface area contributed by atoms with Crippen molar-refractivity contribution in [2.75, 3.05) is 20.0 Å². The van der Waals surface area contributed by atoms with Gasteiger partial charge in [0.2, 0.25) is 10.0 Å². The van der Waals surface area contributed by atoms with Gasteiger partial charge in [0, 0.05) is 20.1 Å².